The van der Waals surface area contributed by atoms with Crippen LogP contribution in [-0.4, -0.2) is 22.5 Å². The van der Waals surface area contributed by atoms with E-state index in [0.717, 1.165) is 40.0 Å². The van der Waals surface area contributed by atoms with Crippen LogP contribution in [0.4, 0.5) is 0 Å². The summed E-state index contributed by atoms with van der Waals surface area (Å²) in [6.07, 6.45) is 7.38. The first-order chi connectivity index (χ1) is 14.2. The smallest absolute Gasteiger partial charge is 0.282 e. The van der Waals surface area contributed by atoms with E-state index in [9.17, 15) is 4.79 Å². The van der Waals surface area contributed by atoms with E-state index in [4.69, 9.17) is 9.72 Å². The van der Waals surface area contributed by atoms with Crippen LogP contribution in [0.5, 0.6) is 5.75 Å². The number of ether oxygens (including phenoxy) is 1. The monoisotopic (exact) mass is 453 g/mol. The molecule has 1 saturated carbocycles. The summed E-state index contributed by atoms with van der Waals surface area (Å²) in [6, 6.07) is 13.3. The lowest BCUT2D eigenvalue weighted by Crippen LogP contribution is -2.25. The minimum absolute atomic E-state index is 0.130. The van der Waals surface area contributed by atoms with Gasteiger partial charge in [-0.1, -0.05) is 47.3 Å². The van der Waals surface area contributed by atoms with E-state index in [1.807, 2.05) is 49.4 Å². The standard InChI is InChI=1S/C23H24BrN3O2/c1-2-29-19-10-6-7-16(13-19)15-25-27-22(17-8-4-3-5-9-17)26-21-12-11-18(24)14-20(21)23(27)28/h6-7,10-15,17H,2-5,8-9H2,1H3. The van der Waals surface area contributed by atoms with E-state index < -0.39 is 0 Å². The summed E-state index contributed by atoms with van der Waals surface area (Å²) >= 11 is 3.46. The molecule has 0 radical (unpaired) electrons. The van der Waals surface area contributed by atoms with Crippen molar-refractivity contribution < 1.29 is 4.74 Å². The van der Waals surface area contributed by atoms with Crippen molar-refractivity contribution in [1.82, 2.24) is 9.66 Å². The van der Waals surface area contributed by atoms with E-state index in [0.29, 0.717) is 12.0 Å². The van der Waals surface area contributed by atoms with Crippen molar-refractivity contribution in [1.29, 1.82) is 0 Å². The van der Waals surface area contributed by atoms with Gasteiger partial charge >= 0.3 is 0 Å². The van der Waals surface area contributed by atoms with Gasteiger partial charge in [0.15, 0.2) is 0 Å². The molecular weight excluding hydrogens is 430 g/mol. The fraction of sp³-hybridized carbons (Fsp3) is 0.348. The number of hydrogen-bond donors (Lipinski definition) is 0. The van der Waals surface area contributed by atoms with Crippen molar-refractivity contribution in [2.45, 2.75) is 44.9 Å². The molecule has 0 aliphatic heterocycles. The zero-order valence-electron chi connectivity index (χ0n) is 16.5. The van der Waals surface area contributed by atoms with Crippen molar-refractivity contribution in [3.05, 3.63) is 68.7 Å². The Balaban J connectivity index is 1.81. The number of fused-ring (bicyclic) bond motifs is 1. The lowest BCUT2D eigenvalue weighted by molar-refractivity contribution is 0.340. The Hall–Kier alpha value is -2.47. The normalized spacial score (nSPS) is 15.2. The Bertz CT molecular complexity index is 1100. The van der Waals surface area contributed by atoms with Crippen LogP contribution in [0.25, 0.3) is 10.9 Å². The highest BCUT2D eigenvalue weighted by atomic mass is 79.9. The number of halogens is 1. The van der Waals surface area contributed by atoms with Crippen molar-refractivity contribution in [2.75, 3.05) is 6.61 Å². The third-order valence-electron chi connectivity index (χ3n) is 5.30. The fourth-order valence-corrected chi connectivity index (χ4v) is 4.24. The number of aromatic nitrogens is 2. The van der Waals surface area contributed by atoms with Gasteiger partial charge in [-0.05, 0) is 55.7 Å². The zero-order chi connectivity index (χ0) is 20.2. The van der Waals surface area contributed by atoms with Crippen LogP contribution in [0.2, 0.25) is 0 Å². The fourth-order valence-electron chi connectivity index (χ4n) is 3.88. The minimum atomic E-state index is -0.130. The van der Waals surface area contributed by atoms with Gasteiger partial charge in [0.25, 0.3) is 5.56 Å². The van der Waals surface area contributed by atoms with E-state index in [2.05, 4.69) is 21.0 Å². The second kappa shape index (κ2) is 8.91. The zero-order valence-corrected chi connectivity index (χ0v) is 18.1. The Morgan fingerprint density at radius 3 is 2.83 bits per heavy atom. The average Bonchev–Trinajstić information content (AvgIpc) is 2.74. The van der Waals surface area contributed by atoms with Gasteiger partial charge in [-0.2, -0.15) is 9.78 Å². The Labute approximate surface area is 178 Å². The lowest BCUT2D eigenvalue weighted by Gasteiger charge is -2.22. The molecule has 2 aromatic carbocycles. The Morgan fingerprint density at radius 1 is 1.21 bits per heavy atom. The molecule has 4 rings (SSSR count). The van der Waals surface area contributed by atoms with Crippen LogP contribution < -0.4 is 10.3 Å². The topological polar surface area (TPSA) is 56.5 Å². The van der Waals surface area contributed by atoms with Crippen LogP contribution in [0.15, 0.2) is 56.8 Å². The van der Waals surface area contributed by atoms with Gasteiger partial charge in [0.05, 0.1) is 23.7 Å². The molecule has 1 aliphatic carbocycles. The first-order valence-electron chi connectivity index (χ1n) is 10.1. The van der Waals surface area contributed by atoms with E-state index in [1.54, 1.807) is 6.21 Å². The van der Waals surface area contributed by atoms with Gasteiger partial charge in [0.2, 0.25) is 0 Å². The number of benzene rings is 2. The highest BCUT2D eigenvalue weighted by Crippen LogP contribution is 2.32. The second-order valence-corrected chi connectivity index (χ2v) is 8.25. The second-order valence-electron chi connectivity index (χ2n) is 7.33. The van der Waals surface area contributed by atoms with Gasteiger partial charge in [-0.3, -0.25) is 4.79 Å². The van der Waals surface area contributed by atoms with Crippen molar-refractivity contribution >= 4 is 33.0 Å². The molecule has 1 heterocycles. The molecule has 6 heteroatoms. The molecule has 0 amide bonds. The molecule has 1 aliphatic rings. The maximum Gasteiger partial charge on any atom is 0.282 e. The Morgan fingerprint density at radius 2 is 2.03 bits per heavy atom. The third-order valence-corrected chi connectivity index (χ3v) is 5.79. The minimum Gasteiger partial charge on any atom is -0.494 e. The summed E-state index contributed by atoms with van der Waals surface area (Å²) in [5.74, 6) is 1.81. The predicted molar refractivity (Wildman–Crippen MR) is 120 cm³/mol. The summed E-state index contributed by atoms with van der Waals surface area (Å²) in [7, 11) is 0. The molecule has 5 nitrogen and oxygen atoms in total. The molecule has 1 aromatic heterocycles. The molecule has 0 N–H and O–H groups in total. The highest BCUT2D eigenvalue weighted by Gasteiger charge is 2.22. The molecule has 150 valence electrons. The molecule has 0 atom stereocenters. The predicted octanol–water partition coefficient (Wildman–Crippen LogP) is 5.49. The summed E-state index contributed by atoms with van der Waals surface area (Å²) in [5, 5.41) is 5.15. The molecule has 0 saturated heterocycles. The van der Waals surface area contributed by atoms with Crippen LogP contribution >= 0.6 is 15.9 Å². The van der Waals surface area contributed by atoms with Crippen LogP contribution in [0, 0.1) is 0 Å². The van der Waals surface area contributed by atoms with Crippen molar-refractivity contribution in [3.8, 4) is 5.75 Å². The first-order valence-corrected chi connectivity index (χ1v) is 10.9. The number of nitrogens with zero attached hydrogens (tertiary/aromatic N) is 3. The summed E-state index contributed by atoms with van der Waals surface area (Å²) in [6.45, 7) is 2.56. The SMILES string of the molecule is CCOc1cccc(C=Nn2c(C3CCCCC3)nc3ccc(Br)cc3c2=O)c1. The molecule has 0 bridgehead atoms. The van der Waals surface area contributed by atoms with Crippen LogP contribution in [0.1, 0.15) is 56.3 Å². The summed E-state index contributed by atoms with van der Waals surface area (Å²) < 4.78 is 7.92. The van der Waals surface area contributed by atoms with Crippen molar-refractivity contribution in [2.24, 2.45) is 5.10 Å². The van der Waals surface area contributed by atoms with Crippen LogP contribution in [-0.2, 0) is 0 Å². The maximum absolute atomic E-state index is 13.3. The summed E-state index contributed by atoms with van der Waals surface area (Å²) in [5.41, 5.74) is 1.48. The highest BCUT2D eigenvalue weighted by molar-refractivity contribution is 9.10. The van der Waals surface area contributed by atoms with Crippen molar-refractivity contribution in [3.63, 3.8) is 0 Å². The molecular formula is C23H24BrN3O2. The molecule has 0 spiro atoms. The quantitative estimate of drug-likeness (QED) is 0.480. The third kappa shape index (κ3) is 4.42. The van der Waals surface area contributed by atoms with Gasteiger partial charge in [0, 0.05) is 10.4 Å². The lowest BCUT2D eigenvalue weighted by atomic mass is 9.88. The first kappa shape index (κ1) is 19.8. The van der Waals surface area contributed by atoms with Gasteiger partial charge in [-0.15, -0.1) is 0 Å². The Kier molecular flexibility index (Phi) is 6.09. The van der Waals surface area contributed by atoms with Crippen LogP contribution in [0.3, 0.4) is 0 Å². The largest absolute Gasteiger partial charge is 0.494 e. The maximum atomic E-state index is 13.3. The number of rotatable bonds is 5. The van der Waals surface area contributed by atoms with Gasteiger partial charge in [0.1, 0.15) is 11.6 Å². The molecule has 0 unspecified atom stereocenters. The van der Waals surface area contributed by atoms with E-state index in [1.165, 1.54) is 23.9 Å². The summed E-state index contributed by atoms with van der Waals surface area (Å²) in [4.78, 5) is 18.2. The molecule has 1 fully saturated rings. The van der Waals surface area contributed by atoms with E-state index >= 15 is 0 Å². The molecule has 3 aromatic rings. The van der Waals surface area contributed by atoms with Gasteiger partial charge < -0.3 is 4.74 Å². The molecule has 29 heavy (non-hydrogen) atoms. The average molecular weight is 454 g/mol. The van der Waals surface area contributed by atoms with E-state index in [-0.39, 0.29) is 11.5 Å². The number of hydrogen-bond acceptors (Lipinski definition) is 4. The van der Waals surface area contributed by atoms with Gasteiger partial charge in [-0.25, -0.2) is 4.98 Å².